The van der Waals surface area contributed by atoms with E-state index in [1.165, 1.54) is 13.0 Å². The molecular weight excluding hydrogens is 283 g/mol. The van der Waals surface area contributed by atoms with Crippen molar-refractivity contribution in [1.82, 2.24) is 9.80 Å². The van der Waals surface area contributed by atoms with E-state index in [2.05, 4.69) is 16.8 Å². The molecule has 2 heterocycles. The van der Waals surface area contributed by atoms with Crippen LogP contribution in [0.2, 0.25) is 10.0 Å². The topological polar surface area (TPSA) is 26.7 Å². The second kappa shape index (κ2) is 5.13. The minimum atomic E-state index is 0.109. The lowest BCUT2D eigenvalue weighted by atomic mass is 10.1. The van der Waals surface area contributed by atoms with Crippen molar-refractivity contribution in [3.8, 4) is 5.75 Å². The number of fused-ring (bicyclic) bond motifs is 1. The van der Waals surface area contributed by atoms with E-state index in [4.69, 9.17) is 23.2 Å². The third-order valence-electron chi connectivity index (χ3n) is 4.45. The van der Waals surface area contributed by atoms with Crippen LogP contribution in [-0.4, -0.2) is 47.6 Å². The Morgan fingerprint density at radius 2 is 2.11 bits per heavy atom. The van der Waals surface area contributed by atoms with Crippen LogP contribution in [0.1, 0.15) is 12.0 Å². The van der Waals surface area contributed by atoms with Gasteiger partial charge in [-0.05, 0) is 38.1 Å². The Kier molecular flexibility index (Phi) is 3.65. The molecular formula is C14H18Cl2N2O. The van der Waals surface area contributed by atoms with Crippen molar-refractivity contribution in [2.45, 2.75) is 19.0 Å². The monoisotopic (exact) mass is 300 g/mol. The van der Waals surface area contributed by atoms with Gasteiger partial charge in [-0.15, -0.1) is 0 Å². The van der Waals surface area contributed by atoms with Gasteiger partial charge in [0.1, 0.15) is 5.75 Å². The molecule has 2 fully saturated rings. The minimum Gasteiger partial charge on any atom is -0.506 e. The Labute approximate surface area is 123 Å². The largest absolute Gasteiger partial charge is 0.506 e. The number of hydrogen-bond acceptors (Lipinski definition) is 3. The molecule has 0 spiro atoms. The normalized spacial score (nSPS) is 27.9. The lowest BCUT2D eigenvalue weighted by Crippen LogP contribution is -2.32. The molecule has 2 aliphatic rings. The van der Waals surface area contributed by atoms with Crippen LogP contribution in [0.15, 0.2) is 12.1 Å². The summed E-state index contributed by atoms with van der Waals surface area (Å²) in [4.78, 5) is 4.83. The number of likely N-dealkylation sites (N-methyl/N-ethyl adjacent to an activating group) is 1. The predicted octanol–water partition coefficient (Wildman–Crippen LogP) is 2.83. The van der Waals surface area contributed by atoms with Crippen LogP contribution >= 0.6 is 23.2 Å². The first-order chi connectivity index (χ1) is 9.06. The fraction of sp³-hybridized carbons (Fsp3) is 0.571. The lowest BCUT2D eigenvalue weighted by Gasteiger charge is -2.21. The van der Waals surface area contributed by atoms with Gasteiger partial charge >= 0.3 is 0 Å². The Morgan fingerprint density at radius 3 is 2.84 bits per heavy atom. The molecule has 19 heavy (non-hydrogen) atoms. The van der Waals surface area contributed by atoms with Crippen molar-refractivity contribution in [3.63, 3.8) is 0 Å². The number of phenols is 1. The van der Waals surface area contributed by atoms with Gasteiger partial charge in [-0.1, -0.05) is 23.2 Å². The smallest absolute Gasteiger partial charge is 0.134 e. The Balaban J connectivity index is 1.75. The van der Waals surface area contributed by atoms with Crippen molar-refractivity contribution in [1.29, 1.82) is 0 Å². The average Bonchev–Trinajstić information content (AvgIpc) is 2.92. The molecule has 1 N–H and O–H groups in total. The molecule has 5 heteroatoms. The molecule has 2 aliphatic heterocycles. The maximum Gasteiger partial charge on any atom is 0.134 e. The van der Waals surface area contributed by atoms with E-state index in [-0.39, 0.29) is 5.75 Å². The molecule has 0 radical (unpaired) electrons. The zero-order valence-corrected chi connectivity index (χ0v) is 12.5. The summed E-state index contributed by atoms with van der Waals surface area (Å²) >= 11 is 12.4. The van der Waals surface area contributed by atoms with E-state index in [0.29, 0.717) is 22.6 Å². The van der Waals surface area contributed by atoms with E-state index >= 15 is 0 Å². The van der Waals surface area contributed by atoms with Crippen molar-refractivity contribution in [2.75, 3.05) is 26.7 Å². The molecule has 1 aromatic rings. The number of nitrogens with zero attached hydrogens (tertiary/aromatic N) is 2. The molecule has 0 unspecified atom stereocenters. The van der Waals surface area contributed by atoms with Gasteiger partial charge in [0.2, 0.25) is 0 Å². The zero-order valence-electron chi connectivity index (χ0n) is 10.9. The third-order valence-corrected chi connectivity index (χ3v) is 5.22. The summed E-state index contributed by atoms with van der Waals surface area (Å²) in [6.07, 6.45) is 1.28. The van der Waals surface area contributed by atoms with Gasteiger partial charge < -0.3 is 10.0 Å². The van der Waals surface area contributed by atoms with E-state index < -0.39 is 0 Å². The first-order valence-electron chi connectivity index (χ1n) is 6.64. The summed E-state index contributed by atoms with van der Waals surface area (Å²) in [5.41, 5.74) is 0.839. The number of halogens is 2. The fourth-order valence-corrected chi connectivity index (χ4v) is 3.83. The van der Waals surface area contributed by atoms with Gasteiger partial charge in [-0.2, -0.15) is 0 Å². The molecule has 3 nitrogen and oxygen atoms in total. The molecule has 104 valence electrons. The SMILES string of the molecule is CN1CC[C@@H]2CN(Cc3c(Cl)ccc(O)c3Cl)C[C@@H]21. The molecule has 0 amide bonds. The third kappa shape index (κ3) is 2.45. The standard InChI is InChI=1S/C14H18Cl2N2O/c1-17-5-4-9-6-18(8-12(9)17)7-10-11(15)2-3-13(19)14(10)16/h2-3,9,12,19H,4-8H2,1H3/t9-,12+/m1/s1. The van der Waals surface area contributed by atoms with Gasteiger partial charge in [-0.3, -0.25) is 4.90 Å². The first kappa shape index (κ1) is 13.5. The predicted molar refractivity (Wildman–Crippen MR) is 77.9 cm³/mol. The van der Waals surface area contributed by atoms with E-state index in [1.54, 1.807) is 12.1 Å². The van der Waals surface area contributed by atoms with E-state index in [1.807, 2.05) is 0 Å². The van der Waals surface area contributed by atoms with Gasteiger partial charge in [-0.25, -0.2) is 0 Å². The van der Waals surface area contributed by atoms with Crippen molar-refractivity contribution in [3.05, 3.63) is 27.7 Å². The summed E-state index contributed by atoms with van der Waals surface area (Å²) in [5.74, 6) is 0.873. The number of rotatable bonds is 2. The Hall–Kier alpha value is -0.480. The second-order valence-electron chi connectivity index (χ2n) is 5.65. The summed E-state index contributed by atoms with van der Waals surface area (Å²) < 4.78 is 0. The second-order valence-corrected chi connectivity index (χ2v) is 6.44. The van der Waals surface area contributed by atoms with E-state index in [0.717, 1.165) is 24.6 Å². The maximum absolute atomic E-state index is 9.68. The molecule has 3 rings (SSSR count). The molecule has 0 aliphatic carbocycles. The van der Waals surface area contributed by atoms with Crippen LogP contribution in [0.3, 0.4) is 0 Å². The molecule has 1 aromatic carbocycles. The summed E-state index contributed by atoms with van der Waals surface area (Å²) in [6.45, 7) is 4.07. The lowest BCUT2D eigenvalue weighted by molar-refractivity contribution is 0.255. The minimum absolute atomic E-state index is 0.109. The summed E-state index contributed by atoms with van der Waals surface area (Å²) in [6, 6.07) is 3.91. The van der Waals surface area contributed by atoms with E-state index in [9.17, 15) is 5.11 Å². The first-order valence-corrected chi connectivity index (χ1v) is 7.40. The van der Waals surface area contributed by atoms with Gasteiger partial charge in [0.15, 0.2) is 0 Å². The molecule has 2 atom stereocenters. The molecule has 0 saturated carbocycles. The number of hydrogen-bond donors (Lipinski definition) is 1. The number of benzene rings is 1. The van der Waals surface area contributed by atoms with Crippen LogP contribution in [0, 0.1) is 5.92 Å². The highest BCUT2D eigenvalue weighted by molar-refractivity contribution is 6.36. The van der Waals surface area contributed by atoms with Crippen LogP contribution in [0.5, 0.6) is 5.75 Å². The summed E-state index contributed by atoms with van der Waals surface area (Å²) in [7, 11) is 2.20. The zero-order chi connectivity index (χ0) is 13.6. The Bertz CT molecular complexity index is 495. The highest BCUT2D eigenvalue weighted by Gasteiger charge is 2.39. The van der Waals surface area contributed by atoms with Crippen molar-refractivity contribution in [2.24, 2.45) is 5.92 Å². The van der Waals surface area contributed by atoms with Crippen LogP contribution in [0.4, 0.5) is 0 Å². The van der Waals surface area contributed by atoms with Crippen LogP contribution < -0.4 is 0 Å². The van der Waals surface area contributed by atoms with Gasteiger partial charge in [0, 0.05) is 36.3 Å². The number of likely N-dealkylation sites (tertiary alicyclic amines) is 2. The van der Waals surface area contributed by atoms with Gasteiger partial charge in [0.25, 0.3) is 0 Å². The number of phenolic OH excluding ortho intramolecular Hbond substituents is 1. The summed E-state index contributed by atoms with van der Waals surface area (Å²) in [5, 5.41) is 10.7. The highest BCUT2D eigenvalue weighted by Crippen LogP contribution is 2.36. The van der Waals surface area contributed by atoms with Crippen LogP contribution in [-0.2, 0) is 6.54 Å². The molecule has 2 saturated heterocycles. The number of aromatic hydroxyl groups is 1. The van der Waals surface area contributed by atoms with Crippen molar-refractivity contribution < 1.29 is 5.11 Å². The molecule has 0 bridgehead atoms. The van der Waals surface area contributed by atoms with Gasteiger partial charge in [0.05, 0.1) is 5.02 Å². The average molecular weight is 301 g/mol. The molecule has 0 aromatic heterocycles. The van der Waals surface area contributed by atoms with Crippen molar-refractivity contribution >= 4 is 23.2 Å². The Morgan fingerprint density at radius 1 is 1.32 bits per heavy atom. The maximum atomic E-state index is 9.68. The quantitative estimate of drug-likeness (QED) is 0.910. The van der Waals surface area contributed by atoms with Crippen LogP contribution in [0.25, 0.3) is 0 Å². The fourth-order valence-electron chi connectivity index (χ4n) is 3.34. The highest BCUT2D eigenvalue weighted by atomic mass is 35.5.